The lowest BCUT2D eigenvalue weighted by Gasteiger charge is -2.20. The van der Waals surface area contributed by atoms with Gasteiger partial charge in [0.1, 0.15) is 24.7 Å². The maximum Gasteiger partial charge on any atom is 0.408 e. The van der Waals surface area contributed by atoms with Crippen LogP contribution in [0.2, 0.25) is 0 Å². The van der Waals surface area contributed by atoms with Crippen LogP contribution in [0.5, 0.6) is 0 Å². The predicted octanol–water partition coefficient (Wildman–Crippen LogP) is -0.305. The lowest BCUT2D eigenvalue weighted by Crippen LogP contribution is -2.50. The van der Waals surface area contributed by atoms with Crippen molar-refractivity contribution in [3.8, 4) is 0 Å². The van der Waals surface area contributed by atoms with E-state index in [-0.39, 0.29) is 13.1 Å². The van der Waals surface area contributed by atoms with Crippen molar-refractivity contribution in [2.24, 2.45) is 0 Å². The summed E-state index contributed by atoms with van der Waals surface area (Å²) in [6, 6.07) is -0.812. The van der Waals surface area contributed by atoms with Gasteiger partial charge in [0.2, 0.25) is 11.8 Å². The fourth-order valence-electron chi connectivity index (χ4n) is 1.42. The number of hydrogen-bond donors (Lipinski definition) is 3. The number of nitrogens with one attached hydrogen (secondary N) is 3. The van der Waals surface area contributed by atoms with Crippen LogP contribution in [0.4, 0.5) is 4.79 Å². The number of methoxy groups -OCH3 is 1. The van der Waals surface area contributed by atoms with E-state index >= 15 is 0 Å². The quantitative estimate of drug-likeness (QED) is 0.550. The van der Waals surface area contributed by atoms with Crippen molar-refractivity contribution >= 4 is 23.9 Å². The monoisotopic (exact) mass is 331 g/mol. The zero-order chi connectivity index (χ0) is 18.0. The van der Waals surface area contributed by atoms with Gasteiger partial charge in [-0.1, -0.05) is 6.92 Å². The lowest BCUT2D eigenvalue weighted by molar-refractivity contribution is -0.141. The molecule has 132 valence electrons. The van der Waals surface area contributed by atoms with Gasteiger partial charge in [-0.05, 0) is 27.2 Å². The summed E-state index contributed by atoms with van der Waals surface area (Å²) in [4.78, 5) is 45.9. The Kier molecular flexibility index (Phi) is 8.67. The molecule has 9 heteroatoms. The Labute approximate surface area is 135 Å². The van der Waals surface area contributed by atoms with E-state index in [1.807, 2.05) is 0 Å². The van der Waals surface area contributed by atoms with Gasteiger partial charge in [-0.2, -0.15) is 0 Å². The molecular formula is C14H25N3O6. The zero-order valence-corrected chi connectivity index (χ0v) is 14.1. The van der Waals surface area contributed by atoms with Crippen LogP contribution in [0.25, 0.3) is 0 Å². The second kappa shape index (κ2) is 9.65. The number of ether oxygens (including phenoxy) is 2. The molecule has 0 aliphatic rings. The number of hydrogen-bond acceptors (Lipinski definition) is 6. The molecule has 3 N–H and O–H groups in total. The Morgan fingerprint density at radius 2 is 1.65 bits per heavy atom. The summed E-state index contributed by atoms with van der Waals surface area (Å²) in [6.45, 7) is 6.19. The Balaban J connectivity index is 4.26. The third-order valence-corrected chi connectivity index (χ3v) is 2.49. The van der Waals surface area contributed by atoms with Crippen LogP contribution in [0, 0.1) is 0 Å². The van der Waals surface area contributed by atoms with Crippen LogP contribution in [0.3, 0.4) is 0 Å². The van der Waals surface area contributed by atoms with E-state index in [0.717, 1.165) is 0 Å². The van der Waals surface area contributed by atoms with E-state index in [9.17, 15) is 19.2 Å². The van der Waals surface area contributed by atoms with E-state index in [2.05, 4.69) is 20.7 Å². The van der Waals surface area contributed by atoms with Crippen molar-refractivity contribution in [1.82, 2.24) is 16.0 Å². The lowest BCUT2D eigenvalue weighted by atomic mass is 10.2. The summed E-state index contributed by atoms with van der Waals surface area (Å²) < 4.78 is 9.38. The highest BCUT2D eigenvalue weighted by atomic mass is 16.6. The molecule has 0 aromatic carbocycles. The number of carbonyl (C=O) groups excluding carboxylic acids is 4. The molecule has 0 aromatic rings. The van der Waals surface area contributed by atoms with Gasteiger partial charge in [0.15, 0.2) is 0 Å². The van der Waals surface area contributed by atoms with Crippen molar-refractivity contribution in [2.45, 2.75) is 45.8 Å². The van der Waals surface area contributed by atoms with E-state index in [1.165, 1.54) is 7.11 Å². The summed E-state index contributed by atoms with van der Waals surface area (Å²) in [5.74, 6) is -1.65. The Morgan fingerprint density at radius 3 is 2.13 bits per heavy atom. The molecule has 0 bridgehead atoms. The fourth-order valence-corrected chi connectivity index (χ4v) is 1.42. The minimum atomic E-state index is -0.812. The van der Waals surface area contributed by atoms with Crippen molar-refractivity contribution in [2.75, 3.05) is 20.2 Å². The summed E-state index contributed by atoms with van der Waals surface area (Å²) in [7, 11) is 1.20. The summed E-state index contributed by atoms with van der Waals surface area (Å²) in [5, 5.41) is 7.09. The van der Waals surface area contributed by atoms with Crippen molar-refractivity contribution < 1.29 is 28.7 Å². The fraction of sp³-hybridized carbons (Fsp3) is 0.714. The third kappa shape index (κ3) is 10.1. The average molecular weight is 331 g/mol. The van der Waals surface area contributed by atoms with Crippen molar-refractivity contribution in [3.63, 3.8) is 0 Å². The zero-order valence-electron chi connectivity index (χ0n) is 14.1. The maximum absolute atomic E-state index is 11.8. The van der Waals surface area contributed by atoms with Gasteiger partial charge in [0.25, 0.3) is 0 Å². The largest absolute Gasteiger partial charge is 0.468 e. The highest BCUT2D eigenvalue weighted by molar-refractivity contribution is 5.90. The molecular weight excluding hydrogens is 306 g/mol. The number of alkyl carbamates (subject to hydrolysis) is 1. The molecule has 0 radical (unpaired) electrons. The number of amides is 3. The maximum atomic E-state index is 11.8. The molecule has 0 spiro atoms. The van der Waals surface area contributed by atoms with E-state index in [4.69, 9.17) is 4.74 Å². The van der Waals surface area contributed by atoms with E-state index < -0.39 is 35.5 Å². The highest BCUT2D eigenvalue weighted by Gasteiger charge is 2.21. The first-order valence-corrected chi connectivity index (χ1v) is 7.19. The van der Waals surface area contributed by atoms with Crippen molar-refractivity contribution in [3.05, 3.63) is 0 Å². The van der Waals surface area contributed by atoms with Crippen LogP contribution in [0.1, 0.15) is 34.1 Å². The van der Waals surface area contributed by atoms with Crippen LogP contribution in [-0.4, -0.2) is 55.7 Å². The molecule has 0 saturated heterocycles. The van der Waals surface area contributed by atoms with Gasteiger partial charge in [-0.25, -0.2) is 4.79 Å². The molecule has 0 rings (SSSR count). The average Bonchev–Trinajstić information content (AvgIpc) is 2.45. The van der Waals surface area contributed by atoms with Gasteiger partial charge in [0, 0.05) is 0 Å². The normalized spacial score (nSPS) is 11.9. The van der Waals surface area contributed by atoms with Gasteiger partial charge >= 0.3 is 12.1 Å². The first-order chi connectivity index (χ1) is 10.6. The van der Waals surface area contributed by atoms with Gasteiger partial charge in [-0.15, -0.1) is 0 Å². The molecule has 23 heavy (non-hydrogen) atoms. The van der Waals surface area contributed by atoms with Crippen LogP contribution in [-0.2, 0) is 23.9 Å². The summed E-state index contributed by atoms with van der Waals surface area (Å²) in [5.41, 5.74) is -0.666. The standard InChI is InChI=1S/C14H25N3O6/c1-6-9(12(20)15-8-11(19)22-5)17-10(18)7-16-13(21)23-14(2,3)4/h9H,6-8H2,1-5H3,(H,15,20)(H,16,21)(H,17,18)/t9-/m0/s1. The Morgan fingerprint density at radius 1 is 1.04 bits per heavy atom. The predicted molar refractivity (Wildman–Crippen MR) is 81.5 cm³/mol. The number of esters is 1. The van der Waals surface area contributed by atoms with E-state index in [0.29, 0.717) is 6.42 Å². The molecule has 0 fully saturated rings. The van der Waals surface area contributed by atoms with Gasteiger partial charge in [-0.3, -0.25) is 14.4 Å². The Hall–Kier alpha value is -2.32. The topological polar surface area (TPSA) is 123 Å². The summed E-state index contributed by atoms with van der Waals surface area (Å²) in [6.07, 6.45) is -0.401. The molecule has 0 unspecified atom stereocenters. The van der Waals surface area contributed by atoms with Crippen LogP contribution >= 0.6 is 0 Å². The highest BCUT2D eigenvalue weighted by Crippen LogP contribution is 2.06. The third-order valence-electron chi connectivity index (χ3n) is 2.49. The number of rotatable bonds is 7. The number of carbonyl (C=O) groups is 4. The molecule has 0 aromatic heterocycles. The second-order valence-corrected chi connectivity index (χ2v) is 5.68. The molecule has 0 aliphatic heterocycles. The molecule has 0 heterocycles. The molecule has 0 aliphatic carbocycles. The molecule has 1 atom stereocenters. The van der Waals surface area contributed by atoms with Gasteiger partial charge < -0.3 is 25.4 Å². The smallest absolute Gasteiger partial charge is 0.408 e. The van der Waals surface area contributed by atoms with E-state index in [1.54, 1.807) is 27.7 Å². The molecule has 3 amide bonds. The van der Waals surface area contributed by atoms with Gasteiger partial charge in [0.05, 0.1) is 7.11 Å². The first kappa shape index (κ1) is 20.7. The second-order valence-electron chi connectivity index (χ2n) is 5.68. The SMILES string of the molecule is CC[C@H](NC(=O)CNC(=O)OC(C)(C)C)C(=O)NCC(=O)OC. The van der Waals surface area contributed by atoms with Crippen LogP contribution in [0.15, 0.2) is 0 Å². The minimum Gasteiger partial charge on any atom is -0.468 e. The van der Waals surface area contributed by atoms with Crippen molar-refractivity contribution in [1.29, 1.82) is 0 Å². The Bertz CT molecular complexity index is 444. The molecule has 9 nitrogen and oxygen atoms in total. The van der Waals surface area contributed by atoms with Crippen LogP contribution < -0.4 is 16.0 Å². The minimum absolute atomic E-state index is 0.280. The first-order valence-electron chi connectivity index (χ1n) is 7.19. The summed E-state index contributed by atoms with van der Waals surface area (Å²) >= 11 is 0. The molecule has 0 saturated carbocycles.